The predicted octanol–water partition coefficient (Wildman–Crippen LogP) is 4.03. The molecule has 0 aromatic heterocycles. The summed E-state index contributed by atoms with van der Waals surface area (Å²) in [5.41, 5.74) is 1.79. The lowest BCUT2D eigenvalue weighted by Crippen LogP contribution is -2.41. The Kier molecular flexibility index (Phi) is 6.06. The van der Waals surface area contributed by atoms with Gasteiger partial charge in [0.15, 0.2) is 0 Å². The van der Waals surface area contributed by atoms with Gasteiger partial charge in [-0.05, 0) is 54.8 Å². The molecule has 0 radical (unpaired) electrons. The highest BCUT2D eigenvalue weighted by Gasteiger charge is 2.32. The quantitative estimate of drug-likeness (QED) is 0.844. The first-order valence-corrected chi connectivity index (χ1v) is 8.42. The second-order valence-corrected chi connectivity index (χ2v) is 7.36. The summed E-state index contributed by atoms with van der Waals surface area (Å²) in [6.45, 7) is 8.53. The van der Waals surface area contributed by atoms with Gasteiger partial charge in [-0.2, -0.15) is 0 Å². The minimum absolute atomic E-state index is 0.362. The van der Waals surface area contributed by atoms with Crippen LogP contribution in [0.2, 0.25) is 0 Å². The first kappa shape index (κ1) is 16.0. The molecule has 0 bridgehead atoms. The summed E-state index contributed by atoms with van der Waals surface area (Å²) in [5, 5.41) is 3.66. The van der Waals surface area contributed by atoms with E-state index >= 15 is 0 Å². The van der Waals surface area contributed by atoms with Crippen molar-refractivity contribution in [1.29, 1.82) is 0 Å². The van der Waals surface area contributed by atoms with E-state index in [2.05, 4.69) is 59.4 Å². The van der Waals surface area contributed by atoms with Crippen LogP contribution in [0.25, 0.3) is 0 Å². The van der Waals surface area contributed by atoms with Crippen LogP contribution in [0, 0.1) is 11.3 Å². The lowest BCUT2D eigenvalue weighted by atomic mass is 9.75. The maximum absolute atomic E-state index is 5.57. The Hall–Kier alpha value is -0.380. The van der Waals surface area contributed by atoms with E-state index < -0.39 is 0 Å². The zero-order chi connectivity index (χ0) is 14.4. The molecule has 20 heavy (non-hydrogen) atoms. The maximum atomic E-state index is 5.57. The van der Waals surface area contributed by atoms with E-state index in [1.807, 2.05) is 0 Å². The summed E-state index contributed by atoms with van der Waals surface area (Å²) >= 11 is 3.51. The van der Waals surface area contributed by atoms with Crippen molar-refractivity contribution in [3.05, 3.63) is 34.3 Å². The zero-order valence-electron chi connectivity index (χ0n) is 12.6. The van der Waals surface area contributed by atoms with Crippen molar-refractivity contribution in [2.45, 2.75) is 33.1 Å². The summed E-state index contributed by atoms with van der Waals surface area (Å²) in [6.07, 6.45) is 3.47. The van der Waals surface area contributed by atoms with Crippen molar-refractivity contribution in [2.75, 3.05) is 26.3 Å². The Morgan fingerprint density at radius 3 is 2.45 bits per heavy atom. The van der Waals surface area contributed by atoms with Crippen LogP contribution in [-0.2, 0) is 11.2 Å². The van der Waals surface area contributed by atoms with Crippen LogP contribution in [0.5, 0.6) is 0 Å². The highest BCUT2D eigenvalue weighted by atomic mass is 79.9. The largest absolute Gasteiger partial charge is 0.381 e. The molecule has 112 valence electrons. The predicted molar refractivity (Wildman–Crippen MR) is 88.0 cm³/mol. The molecule has 0 amide bonds. The van der Waals surface area contributed by atoms with Crippen molar-refractivity contribution in [3.63, 3.8) is 0 Å². The van der Waals surface area contributed by atoms with Gasteiger partial charge in [-0.15, -0.1) is 0 Å². The molecule has 1 heterocycles. The Bertz CT molecular complexity index is 396. The van der Waals surface area contributed by atoms with Crippen LogP contribution in [0.4, 0.5) is 0 Å². The van der Waals surface area contributed by atoms with Gasteiger partial charge in [-0.25, -0.2) is 0 Å². The van der Waals surface area contributed by atoms with Crippen LogP contribution in [0.3, 0.4) is 0 Å². The summed E-state index contributed by atoms with van der Waals surface area (Å²) < 4.78 is 6.73. The monoisotopic (exact) mass is 339 g/mol. The van der Waals surface area contributed by atoms with E-state index in [0.717, 1.165) is 50.0 Å². The average molecular weight is 340 g/mol. The fourth-order valence-corrected chi connectivity index (χ4v) is 3.15. The lowest BCUT2D eigenvalue weighted by Gasteiger charge is -2.38. The zero-order valence-corrected chi connectivity index (χ0v) is 14.2. The molecule has 0 unspecified atom stereocenters. The third kappa shape index (κ3) is 4.87. The van der Waals surface area contributed by atoms with Crippen LogP contribution in [0.15, 0.2) is 28.7 Å². The smallest absolute Gasteiger partial charge is 0.0471 e. The van der Waals surface area contributed by atoms with E-state index in [1.165, 1.54) is 5.56 Å². The van der Waals surface area contributed by atoms with Gasteiger partial charge in [-0.3, -0.25) is 0 Å². The Morgan fingerprint density at radius 1 is 1.20 bits per heavy atom. The molecule has 2 nitrogen and oxygen atoms in total. The third-order valence-corrected chi connectivity index (χ3v) is 4.63. The molecule has 1 aromatic carbocycles. The molecular formula is C17H26BrNO. The fraction of sp³-hybridized carbons (Fsp3) is 0.647. The number of rotatable bonds is 6. The first-order valence-electron chi connectivity index (χ1n) is 7.63. The lowest BCUT2D eigenvalue weighted by molar-refractivity contribution is 0.0147. The molecule has 0 aliphatic carbocycles. The molecule has 1 aromatic rings. The highest BCUT2D eigenvalue weighted by Crippen LogP contribution is 2.34. The number of nitrogens with one attached hydrogen (secondary N) is 1. The first-order chi connectivity index (χ1) is 9.60. The number of ether oxygens (including phenoxy) is 1. The summed E-state index contributed by atoms with van der Waals surface area (Å²) in [4.78, 5) is 0. The van der Waals surface area contributed by atoms with Gasteiger partial charge in [0, 0.05) is 24.2 Å². The topological polar surface area (TPSA) is 21.3 Å². The van der Waals surface area contributed by atoms with E-state index in [0.29, 0.717) is 11.3 Å². The van der Waals surface area contributed by atoms with Crippen molar-refractivity contribution in [1.82, 2.24) is 5.32 Å². The minimum atomic E-state index is 0.362. The molecule has 2 rings (SSSR count). The molecule has 1 saturated heterocycles. The molecule has 0 saturated carbocycles. The molecule has 3 heteroatoms. The number of benzene rings is 1. The molecule has 0 atom stereocenters. The SMILES string of the molecule is CC(C)CNCC1(Cc2ccc(Br)cc2)CCOCC1. The van der Waals surface area contributed by atoms with Crippen LogP contribution in [0.1, 0.15) is 32.3 Å². The van der Waals surface area contributed by atoms with Gasteiger partial charge in [0.2, 0.25) is 0 Å². The van der Waals surface area contributed by atoms with Gasteiger partial charge < -0.3 is 10.1 Å². The van der Waals surface area contributed by atoms with Crippen LogP contribution >= 0.6 is 15.9 Å². The molecule has 1 fully saturated rings. The summed E-state index contributed by atoms with van der Waals surface area (Å²) in [5.74, 6) is 0.708. The Balaban J connectivity index is 2.00. The normalized spacial score (nSPS) is 18.4. The Labute approximate surface area is 131 Å². The molecular weight excluding hydrogens is 314 g/mol. The van der Waals surface area contributed by atoms with Gasteiger partial charge in [0.05, 0.1) is 0 Å². The fourth-order valence-electron chi connectivity index (χ4n) is 2.88. The second kappa shape index (κ2) is 7.58. The van der Waals surface area contributed by atoms with Gasteiger partial charge >= 0.3 is 0 Å². The number of hydrogen-bond donors (Lipinski definition) is 1. The average Bonchev–Trinajstić information content (AvgIpc) is 2.42. The van der Waals surface area contributed by atoms with E-state index in [-0.39, 0.29) is 0 Å². The van der Waals surface area contributed by atoms with Crippen LogP contribution in [-0.4, -0.2) is 26.3 Å². The summed E-state index contributed by atoms with van der Waals surface area (Å²) in [7, 11) is 0. The van der Waals surface area contributed by atoms with Gasteiger partial charge in [-0.1, -0.05) is 41.9 Å². The molecule has 1 N–H and O–H groups in total. The third-order valence-electron chi connectivity index (χ3n) is 4.10. The van der Waals surface area contributed by atoms with E-state index in [9.17, 15) is 0 Å². The summed E-state index contributed by atoms with van der Waals surface area (Å²) in [6, 6.07) is 8.77. The number of hydrogen-bond acceptors (Lipinski definition) is 2. The van der Waals surface area contributed by atoms with E-state index in [1.54, 1.807) is 0 Å². The highest BCUT2D eigenvalue weighted by molar-refractivity contribution is 9.10. The van der Waals surface area contributed by atoms with Crippen LogP contribution < -0.4 is 5.32 Å². The van der Waals surface area contributed by atoms with Crippen molar-refractivity contribution in [3.8, 4) is 0 Å². The van der Waals surface area contributed by atoms with E-state index in [4.69, 9.17) is 4.74 Å². The van der Waals surface area contributed by atoms with Gasteiger partial charge in [0.25, 0.3) is 0 Å². The molecule has 1 aliphatic heterocycles. The van der Waals surface area contributed by atoms with Gasteiger partial charge in [0.1, 0.15) is 0 Å². The maximum Gasteiger partial charge on any atom is 0.0471 e. The standard InChI is InChI=1S/C17H26BrNO/c1-14(2)12-19-13-17(7-9-20-10-8-17)11-15-3-5-16(18)6-4-15/h3-6,14,19H,7-13H2,1-2H3. The molecule has 1 aliphatic rings. The minimum Gasteiger partial charge on any atom is -0.381 e. The van der Waals surface area contributed by atoms with Crippen molar-refractivity contribution < 1.29 is 4.74 Å². The molecule has 0 spiro atoms. The number of halogens is 1. The van der Waals surface area contributed by atoms with Crippen molar-refractivity contribution >= 4 is 15.9 Å². The Morgan fingerprint density at radius 2 is 1.85 bits per heavy atom. The van der Waals surface area contributed by atoms with Crippen molar-refractivity contribution in [2.24, 2.45) is 11.3 Å². The second-order valence-electron chi connectivity index (χ2n) is 6.44.